The Morgan fingerprint density at radius 3 is 2.37 bits per heavy atom. The fraction of sp³-hybridized carbons (Fsp3) is 0.562. The van der Waals surface area contributed by atoms with Crippen molar-refractivity contribution in [2.24, 2.45) is 29.1 Å². The fourth-order valence-corrected chi connectivity index (χ4v) is 8.76. The predicted molar refractivity (Wildman–Crippen MR) is 157 cm³/mol. The third-order valence-corrected chi connectivity index (χ3v) is 10.9. The Morgan fingerprint density at radius 1 is 1.15 bits per heavy atom. The molecule has 0 aromatic heterocycles. The second kappa shape index (κ2) is 10.8. The van der Waals surface area contributed by atoms with Crippen LogP contribution >= 0.6 is 27.5 Å². The highest BCUT2D eigenvalue weighted by Gasteiger charge is 2.56. The van der Waals surface area contributed by atoms with Crippen LogP contribution in [0.1, 0.15) is 91.9 Å². The lowest BCUT2D eigenvalue weighted by molar-refractivity contribution is -0.161. The van der Waals surface area contributed by atoms with Crippen molar-refractivity contribution in [1.29, 1.82) is 0 Å². The molecule has 9 heteroatoms. The monoisotopic (exact) mass is 646 g/mol. The molecule has 1 N–H and O–H groups in total. The van der Waals surface area contributed by atoms with Crippen molar-refractivity contribution in [1.82, 2.24) is 0 Å². The number of halogens is 2. The summed E-state index contributed by atoms with van der Waals surface area (Å²) in [5.74, 6) is 1.88. The normalized spacial score (nSPS) is 26.8. The summed E-state index contributed by atoms with van der Waals surface area (Å²) in [7, 11) is 1.44. The van der Waals surface area contributed by atoms with E-state index >= 15 is 0 Å². The number of cyclic esters (lactones) is 1. The third kappa shape index (κ3) is 4.94. The van der Waals surface area contributed by atoms with E-state index in [-0.39, 0.29) is 47.1 Å². The molecule has 4 saturated carbocycles. The number of benzene rings is 2. The molecular weight excluding hydrogens is 612 g/mol. The molecule has 5 aliphatic rings. The van der Waals surface area contributed by atoms with Gasteiger partial charge in [0.15, 0.2) is 11.5 Å². The quantitative estimate of drug-likeness (QED) is 0.250. The van der Waals surface area contributed by atoms with Crippen LogP contribution < -0.4 is 14.2 Å². The minimum atomic E-state index is -0.844. The molecule has 1 heterocycles. The highest BCUT2D eigenvalue weighted by Crippen LogP contribution is 2.61. The van der Waals surface area contributed by atoms with Crippen molar-refractivity contribution in [3.8, 4) is 23.0 Å². The molecule has 7 nitrogen and oxygen atoms in total. The van der Waals surface area contributed by atoms with Crippen LogP contribution in [0.15, 0.2) is 16.6 Å². The van der Waals surface area contributed by atoms with E-state index < -0.39 is 17.5 Å². The van der Waals surface area contributed by atoms with E-state index in [9.17, 15) is 14.7 Å². The molecule has 0 saturated heterocycles. The number of ether oxygens (including phenoxy) is 4. The van der Waals surface area contributed by atoms with Crippen molar-refractivity contribution < 1.29 is 33.6 Å². The number of aliphatic hydroxyl groups excluding tert-OH is 1. The summed E-state index contributed by atoms with van der Waals surface area (Å²) in [6.45, 7) is 5.64. The Labute approximate surface area is 254 Å². The molecule has 0 radical (unpaired) electrons. The SMILES string of the molecule is COc1c([C@@H](O)CC(C)C)ccc2c1C(=O)OCc1c(Cl)c(C)c(Br)c(OC(=O)C34CC5CC(CC(C5)C3)C4)c1O2. The summed E-state index contributed by atoms with van der Waals surface area (Å²) in [5.41, 5.74) is 1.12. The largest absolute Gasteiger partial charge is 0.495 e. The molecule has 2 aromatic rings. The number of hydrogen-bond acceptors (Lipinski definition) is 7. The number of fused-ring (bicyclic) bond motifs is 2. The van der Waals surface area contributed by atoms with E-state index in [0.29, 0.717) is 50.4 Å². The molecular formula is C32H36BrClO7. The Hall–Kier alpha value is -2.29. The van der Waals surface area contributed by atoms with Crippen LogP contribution in [0.3, 0.4) is 0 Å². The van der Waals surface area contributed by atoms with Gasteiger partial charge in [-0.15, -0.1) is 0 Å². The molecule has 220 valence electrons. The molecule has 0 spiro atoms. The maximum atomic E-state index is 14.0. The first-order valence-corrected chi connectivity index (χ1v) is 15.6. The summed E-state index contributed by atoms with van der Waals surface area (Å²) in [5, 5.41) is 11.2. The number of hydrogen-bond donors (Lipinski definition) is 1. The van der Waals surface area contributed by atoms with Crippen LogP contribution in [0.5, 0.6) is 23.0 Å². The van der Waals surface area contributed by atoms with Gasteiger partial charge in [-0.3, -0.25) is 4.79 Å². The van der Waals surface area contributed by atoms with Gasteiger partial charge in [-0.1, -0.05) is 25.4 Å². The molecule has 0 unspecified atom stereocenters. The van der Waals surface area contributed by atoms with Crippen LogP contribution in [0.25, 0.3) is 0 Å². The first-order chi connectivity index (χ1) is 19.5. The van der Waals surface area contributed by atoms with Gasteiger partial charge in [0.2, 0.25) is 0 Å². The second-order valence-corrected chi connectivity index (χ2v) is 14.0. The van der Waals surface area contributed by atoms with E-state index in [1.54, 1.807) is 12.1 Å². The maximum Gasteiger partial charge on any atom is 0.346 e. The van der Waals surface area contributed by atoms with Gasteiger partial charge in [-0.2, -0.15) is 0 Å². The van der Waals surface area contributed by atoms with Gasteiger partial charge in [0.1, 0.15) is 23.7 Å². The maximum absolute atomic E-state index is 14.0. The van der Waals surface area contributed by atoms with Gasteiger partial charge in [-0.25, -0.2) is 4.79 Å². The van der Waals surface area contributed by atoms with Crippen LogP contribution in [0, 0.1) is 36.0 Å². The third-order valence-electron chi connectivity index (χ3n) is 9.44. The summed E-state index contributed by atoms with van der Waals surface area (Å²) >= 11 is 10.4. The van der Waals surface area contributed by atoms with Crippen molar-refractivity contribution in [3.05, 3.63) is 43.9 Å². The second-order valence-electron chi connectivity index (χ2n) is 12.9. The summed E-state index contributed by atoms with van der Waals surface area (Å²) in [6, 6.07) is 3.30. The molecule has 0 amide bonds. The van der Waals surface area contributed by atoms with Gasteiger partial charge in [0.25, 0.3) is 0 Å². The standard InChI is InChI=1S/C32H36BrClO7/c1-15(2)7-22(35)20-5-6-23-24(27(20)38-4)30(36)39-14-21-26(34)16(3)25(33)29(28(21)40-23)41-31(37)32-11-17-8-18(12-32)10-19(9-17)13-32/h5-6,15,17-19,22,35H,7-14H2,1-4H3/t17?,18?,19?,22-,32?/m0/s1. The molecule has 41 heavy (non-hydrogen) atoms. The van der Waals surface area contributed by atoms with Crippen molar-refractivity contribution in [3.63, 3.8) is 0 Å². The zero-order valence-electron chi connectivity index (χ0n) is 23.9. The molecule has 4 aliphatic carbocycles. The van der Waals surface area contributed by atoms with E-state index in [4.69, 9.17) is 30.5 Å². The van der Waals surface area contributed by atoms with Gasteiger partial charge in [-0.05, 0) is 109 Å². The van der Waals surface area contributed by atoms with Crippen molar-refractivity contribution in [2.45, 2.75) is 78.4 Å². The van der Waals surface area contributed by atoms with Crippen LogP contribution in [-0.2, 0) is 16.1 Å². The zero-order chi connectivity index (χ0) is 29.2. The molecule has 2 aromatic carbocycles. The van der Waals surface area contributed by atoms with E-state index in [0.717, 1.165) is 19.3 Å². The minimum Gasteiger partial charge on any atom is -0.495 e. The molecule has 4 bridgehead atoms. The first-order valence-electron chi connectivity index (χ1n) is 14.5. The number of carbonyl (C=O) groups excluding carboxylic acids is 2. The Kier molecular flexibility index (Phi) is 7.56. The zero-order valence-corrected chi connectivity index (χ0v) is 26.2. The predicted octanol–water partition coefficient (Wildman–Crippen LogP) is 8.08. The van der Waals surface area contributed by atoms with Gasteiger partial charge in [0, 0.05) is 5.56 Å². The van der Waals surface area contributed by atoms with E-state index in [2.05, 4.69) is 15.9 Å². The number of methoxy groups -OCH3 is 1. The number of carbonyl (C=O) groups is 2. The van der Waals surface area contributed by atoms with Gasteiger partial charge < -0.3 is 24.1 Å². The number of esters is 2. The Morgan fingerprint density at radius 2 is 1.78 bits per heavy atom. The smallest absolute Gasteiger partial charge is 0.346 e. The average Bonchev–Trinajstić information content (AvgIpc) is 2.91. The molecule has 7 rings (SSSR count). The summed E-state index contributed by atoms with van der Waals surface area (Å²) < 4.78 is 24.6. The molecule has 1 aliphatic heterocycles. The highest BCUT2D eigenvalue weighted by atomic mass is 79.9. The van der Waals surface area contributed by atoms with Crippen LogP contribution in [0.4, 0.5) is 0 Å². The van der Waals surface area contributed by atoms with Gasteiger partial charge in [0.05, 0.1) is 33.7 Å². The summed E-state index contributed by atoms with van der Waals surface area (Å²) in [6.07, 6.45) is 5.88. The Bertz CT molecular complexity index is 1380. The Balaban J connectivity index is 1.42. The minimum absolute atomic E-state index is 0.0598. The molecule has 1 atom stereocenters. The van der Waals surface area contributed by atoms with Crippen LogP contribution in [-0.4, -0.2) is 24.2 Å². The topological polar surface area (TPSA) is 91.3 Å². The molecule has 4 fully saturated rings. The van der Waals surface area contributed by atoms with Crippen molar-refractivity contribution >= 4 is 39.5 Å². The highest BCUT2D eigenvalue weighted by molar-refractivity contribution is 9.10. The van der Waals surface area contributed by atoms with E-state index in [1.165, 1.54) is 26.4 Å². The van der Waals surface area contributed by atoms with Gasteiger partial charge >= 0.3 is 11.9 Å². The lowest BCUT2D eigenvalue weighted by Crippen LogP contribution is -2.51. The van der Waals surface area contributed by atoms with Crippen molar-refractivity contribution in [2.75, 3.05) is 7.11 Å². The van der Waals surface area contributed by atoms with Crippen LogP contribution in [0.2, 0.25) is 5.02 Å². The first kappa shape index (κ1) is 28.8. The lowest BCUT2D eigenvalue weighted by Gasteiger charge is -2.55. The number of aliphatic hydroxyl groups is 1. The fourth-order valence-electron chi connectivity index (χ4n) is 7.95. The number of rotatable bonds is 6. The van der Waals surface area contributed by atoms with E-state index in [1.807, 2.05) is 20.8 Å². The average molecular weight is 648 g/mol. The lowest BCUT2D eigenvalue weighted by atomic mass is 9.49. The summed E-state index contributed by atoms with van der Waals surface area (Å²) in [4.78, 5) is 27.3.